The van der Waals surface area contributed by atoms with Crippen molar-refractivity contribution in [1.29, 1.82) is 0 Å². The topological polar surface area (TPSA) is 15.3 Å². The molecule has 0 amide bonds. The fourth-order valence-electron chi connectivity index (χ4n) is 2.78. The van der Waals surface area contributed by atoms with Gasteiger partial charge in [-0.15, -0.1) is 0 Å². The van der Waals surface area contributed by atoms with Gasteiger partial charge in [0.25, 0.3) is 0 Å². The van der Waals surface area contributed by atoms with Crippen molar-refractivity contribution >= 4 is 0 Å². The molecular weight excluding hydrogens is 196 g/mol. The van der Waals surface area contributed by atoms with E-state index in [9.17, 15) is 0 Å². The van der Waals surface area contributed by atoms with Crippen molar-refractivity contribution < 1.29 is 0 Å². The molecule has 3 atom stereocenters. The van der Waals surface area contributed by atoms with Crippen molar-refractivity contribution in [2.24, 2.45) is 0 Å². The van der Waals surface area contributed by atoms with Crippen LogP contribution in [0, 0.1) is 0 Å². The van der Waals surface area contributed by atoms with Gasteiger partial charge in [0.2, 0.25) is 0 Å². The van der Waals surface area contributed by atoms with Gasteiger partial charge in [-0.05, 0) is 33.1 Å². The van der Waals surface area contributed by atoms with Crippen LogP contribution >= 0.6 is 0 Å². The van der Waals surface area contributed by atoms with Crippen LogP contribution in [0.1, 0.15) is 60.3 Å². The van der Waals surface area contributed by atoms with E-state index in [1.807, 2.05) is 0 Å². The smallest absolute Gasteiger partial charge is 0.0278 e. The lowest BCUT2D eigenvalue weighted by molar-refractivity contribution is 0.0465. The summed E-state index contributed by atoms with van der Waals surface area (Å²) in [5.74, 6) is 0. The van der Waals surface area contributed by atoms with Crippen molar-refractivity contribution in [2.75, 3.05) is 13.1 Å². The van der Waals surface area contributed by atoms with E-state index >= 15 is 0 Å². The van der Waals surface area contributed by atoms with Crippen LogP contribution in [0.5, 0.6) is 0 Å². The van der Waals surface area contributed by atoms with Crippen LogP contribution in [0.2, 0.25) is 0 Å². The molecule has 1 N–H and O–H groups in total. The molecule has 96 valence electrons. The third kappa shape index (κ3) is 3.21. The largest absolute Gasteiger partial charge is 0.309 e. The number of hydrogen-bond acceptors (Lipinski definition) is 2. The maximum Gasteiger partial charge on any atom is 0.0278 e. The molecule has 0 bridgehead atoms. The van der Waals surface area contributed by atoms with Gasteiger partial charge in [-0.2, -0.15) is 0 Å². The van der Waals surface area contributed by atoms with E-state index in [1.165, 1.54) is 32.2 Å². The SMILES string of the molecule is CCCC(C)N1CC(C)(CC)NCC1CC. The van der Waals surface area contributed by atoms with Crippen molar-refractivity contribution in [3.63, 3.8) is 0 Å². The lowest BCUT2D eigenvalue weighted by Crippen LogP contribution is -2.64. The molecule has 0 radical (unpaired) electrons. The number of hydrogen-bond donors (Lipinski definition) is 1. The summed E-state index contributed by atoms with van der Waals surface area (Å²) in [5, 5.41) is 3.73. The third-order valence-electron chi connectivity index (χ3n) is 4.29. The fourth-order valence-corrected chi connectivity index (χ4v) is 2.78. The highest BCUT2D eigenvalue weighted by atomic mass is 15.3. The summed E-state index contributed by atoms with van der Waals surface area (Å²) in [4.78, 5) is 2.74. The summed E-state index contributed by atoms with van der Waals surface area (Å²) in [6.07, 6.45) is 5.11. The summed E-state index contributed by atoms with van der Waals surface area (Å²) in [5.41, 5.74) is 0.327. The Balaban J connectivity index is 2.67. The fraction of sp³-hybridized carbons (Fsp3) is 1.00. The molecule has 2 nitrogen and oxygen atoms in total. The number of piperazine rings is 1. The predicted molar refractivity (Wildman–Crippen MR) is 71.9 cm³/mol. The van der Waals surface area contributed by atoms with E-state index in [0.717, 1.165) is 18.6 Å². The number of nitrogens with zero attached hydrogens (tertiary/aromatic N) is 1. The van der Waals surface area contributed by atoms with Gasteiger partial charge in [-0.3, -0.25) is 4.90 Å². The Kier molecular flexibility index (Phi) is 5.26. The maximum atomic E-state index is 3.73. The quantitative estimate of drug-likeness (QED) is 0.775. The standard InChI is InChI=1S/C14H30N2/c1-6-9-12(4)16-11-14(5,8-3)15-10-13(16)7-2/h12-13,15H,6-11H2,1-5H3. The lowest BCUT2D eigenvalue weighted by Gasteiger charge is -2.48. The Bertz CT molecular complexity index is 205. The molecule has 0 aromatic carbocycles. The highest BCUT2D eigenvalue weighted by molar-refractivity contribution is 4.95. The molecule has 1 heterocycles. The van der Waals surface area contributed by atoms with Gasteiger partial charge in [0.05, 0.1) is 0 Å². The molecule has 1 rings (SSSR count). The minimum atomic E-state index is 0.327. The van der Waals surface area contributed by atoms with Gasteiger partial charge in [0, 0.05) is 30.7 Å². The number of nitrogens with one attached hydrogen (secondary N) is 1. The summed E-state index contributed by atoms with van der Waals surface area (Å²) in [6.45, 7) is 14.0. The van der Waals surface area contributed by atoms with Crippen LogP contribution in [-0.2, 0) is 0 Å². The first-order chi connectivity index (χ1) is 7.56. The van der Waals surface area contributed by atoms with E-state index in [2.05, 4.69) is 44.8 Å². The third-order valence-corrected chi connectivity index (χ3v) is 4.29. The zero-order valence-corrected chi connectivity index (χ0v) is 11.8. The van der Waals surface area contributed by atoms with E-state index < -0.39 is 0 Å². The second kappa shape index (κ2) is 6.02. The molecule has 0 aromatic rings. The molecule has 3 unspecified atom stereocenters. The molecule has 1 fully saturated rings. The van der Waals surface area contributed by atoms with Gasteiger partial charge < -0.3 is 5.32 Å². The van der Waals surface area contributed by atoms with Crippen molar-refractivity contribution in [2.45, 2.75) is 77.9 Å². The molecule has 0 aliphatic carbocycles. The van der Waals surface area contributed by atoms with Gasteiger partial charge in [-0.1, -0.05) is 27.2 Å². The summed E-state index contributed by atoms with van der Waals surface area (Å²) < 4.78 is 0. The first-order valence-electron chi connectivity index (χ1n) is 7.07. The molecule has 1 aliphatic heterocycles. The van der Waals surface area contributed by atoms with Crippen LogP contribution in [0.3, 0.4) is 0 Å². The summed E-state index contributed by atoms with van der Waals surface area (Å²) in [6, 6.07) is 1.48. The molecule has 2 heteroatoms. The molecule has 1 aliphatic rings. The van der Waals surface area contributed by atoms with Gasteiger partial charge in [0.1, 0.15) is 0 Å². The normalized spacial score (nSPS) is 33.9. The Morgan fingerprint density at radius 1 is 1.38 bits per heavy atom. The number of rotatable bonds is 5. The minimum absolute atomic E-state index is 0.327. The van der Waals surface area contributed by atoms with E-state index in [0.29, 0.717) is 5.54 Å². The zero-order valence-electron chi connectivity index (χ0n) is 11.8. The Labute approximate surface area is 102 Å². The van der Waals surface area contributed by atoms with Crippen molar-refractivity contribution in [3.8, 4) is 0 Å². The predicted octanol–water partition coefficient (Wildman–Crippen LogP) is 3.03. The monoisotopic (exact) mass is 226 g/mol. The molecule has 0 spiro atoms. The molecular formula is C14H30N2. The van der Waals surface area contributed by atoms with Crippen molar-refractivity contribution in [1.82, 2.24) is 10.2 Å². The Hall–Kier alpha value is -0.0800. The van der Waals surface area contributed by atoms with Gasteiger partial charge in [-0.25, -0.2) is 0 Å². The summed E-state index contributed by atoms with van der Waals surface area (Å²) >= 11 is 0. The average Bonchev–Trinajstić information content (AvgIpc) is 2.29. The second-order valence-electron chi connectivity index (χ2n) is 5.67. The zero-order chi connectivity index (χ0) is 12.2. The minimum Gasteiger partial charge on any atom is -0.309 e. The van der Waals surface area contributed by atoms with Crippen LogP contribution in [0.25, 0.3) is 0 Å². The van der Waals surface area contributed by atoms with E-state index in [-0.39, 0.29) is 0 Å². The average molecular weight is 226 g/mol. The van der Waals surface area contributed by atoms with Crippen LogP contribution in [0.15, 0.2) is 0 Å². The molecule has 16 heavy (non-hydrogen) atoms. The van der Waals surface area contributed by atoms with E-state index in [4.69, 9.17) is 0 Å². The Morgan fingerprint density at radius 2 is 2.06 bits per heavy atom. The lowest BCUT2D eigenvalue weighted by atomic mass is 9.91. The van der Waals surface area contributed by atoms with Crippen LogP contribution in [0.4, 0.5) is 0 Å². The second-order valence-corrected chi connectivity index (χ2v) is 5.67. The molecule has 0 saturated carbocycles. The Morgan fingerprint density at radius 3 is 2.56 bits per heavy atom. The van der Waals surface area contributed by atoms with Crippen LogP contribution in [-0.4, -0.2) is 35.6 Å². The maximum absolute atomic E-state index is 3.73. The summed E-state index contributed by atoms with van der Waals surface area (Å²) in [7, 11) is 0. The first kappa shape index (κ1) is 14.0. The van der Waals surface area contributed by atoms with Gasteiger partial charge in [0.15, 0.2) is 0 Å². The van der Waals surface area contributed by atoms with Crippen molar-refractivity contribution in [3.05, 3.63) is 0 Å². The van der Waals surface area contributed by atoms with Crippen LogP contribution < -0.4 is 5.32 Å². The molecule has 1 saturated heterocycles. The van der Waals surface area contributed by atoms with Gasteiger partial charge >= 0.3 is 0 Å². The highest BCUT2D eigenvalue weighted by Crippen LogP contribution is 2.23. The highest BCUT2D eigenvalue weighted by Gasteiger charge is 2.35. The first-order valence-corrected chi connectivity index (χ1v) is 7.07. The van der Waals surface area contributed by atoms with E-state index in [1.54, 1.807) is 0 Å². The molecule has 0 aromatic heterocycles.